The number of halogens is 1. The maximum atomic E-state index is 12.4. The van der Waals surface area contributed by atoms with E-state index in [1.165, 1.54) is 6.92 Å². The molecule has 0 radical (unpaired) electrons. The molecule has 2 aromatic rings. The summed E-state index contributed by atoms with van der Waals surface area (Å²) < 4.78 is 0.749. The summed E-state index contributed by atoms with van der Waals surface area (Å²) in [5.41, 5.74) is 3.27. The summed E-state index contributed by atoms with van der Waals surface area (Å²) in [7, 11) is 0. The zero-order chi connectivity index (χ0) is 15.0. The minimum absolute atomic E-state index is 0.00442. The van der Waals surface area contributed by atoms with Crippen LogP contribution >= 0.6 is 15.9 Å². The number of carbonyl (C=O) groups excluding carboxylic acids is 2. The third-order valence-corrected chi connectivity index (χ3v) is 4.05. The monoisotopic (exact) mass is 344 g/mol. The predicted molar refractivity (Wildman–Crippen MR) is 85.4 cm³/mol. The van der Waals surface area contributed by atoms with Crippen molar-refractivity contribution in [2.24, 2.45) is 0 Å². The Balaban J connectivity index is 1.91. The van der Waals surface area contributed by atoms with Crippen LogP contribution in [0.15, 0.2) is 46.9 Å². The van der Waals surface area contributed by atoms with Crippen LogP contribution in [0.2, 0.25) is 0 Å². The van der Waals surface area contributed by atoms with Crippen LogP contribution in [-0.4, -0.2) is 11.8 Å². The van der Waals surface area contributed by atoms with Crippen LogP contribution in [0.5, 0.6) is 0 Å². The van der Waals surface area contributed by atoms with Crippen molar-refractivity contribution in [3.63, 3.8) is 0 Å². The Labute approximate surface area is 130 Å². The third-order valence-electron chi connectivity index (χ3n) is 3.40. The van der Waals surface area contributed by atoms with Gasteiger partial charge in [0.15, 0.2) is 0 Å². The molecule has 1 aliphatic heterocycles. The lowest BCUT2D eigenvalue weighted by Gasteiger charge is -2.17. The van der Waals surface area contributed by atoms with Crippen LogP contribution in [0.3, 0.4) is 0 Å². The molecular weight excluding hydrogens is 332 g/mol. The second-order valence-corrected chi connectivity index (χ2v) is 5.75. The summed E-state index contributed by atoms with van der Waals surface area (Å²) in [5, 5.41) is 2.73. The molecule has 0 bridgehead atoms. The molecule has 0 atom stereocenters. The van der Waals surface area contributed by atoms with Gasteiger partial charge in [-0.1, -0.05) is 18.2 Å². The van der Waals surface area contributed by atoms with Gasteiger partial charge in [0.2, 0.25) is 5.91 Å². The number of carbonyl (C=O) groups is 2. The Kier molecular flexibility index (Phi) is 3.51. The SMILES string of the molecule is CC(=O)Nc1ccc(N2Cc3ccccc3C2=O)cc1Br. The van der Waals surface area contributed by atoms with E-state index in [9.17, 15) is 9.59 Å². The molecular formula is C16H13BrN2O2. The lowest BCUT2D eigenvalue weighted by molar-refractivity contribution is -0.114. The minimum atomic E-state index is -0.131. The van der Waals surface area contributed by atoms with Crippen LogP contribution in [0.4, 0.5) is 11.4 Å². The van der Waals surface area contributed by atoms with Crippen LogP contribution in [0, 0.1) is 0 Å². The number of nitrogens with one attached hydrogen (secondary N) is 1. The van der Waals surface area contributed by atoms with E-state index < -0.39 is 0 Å². The molecule has 106 valence electrons. The largest absolute Gasteiger partial charge is 0.325 e. The first kappa shape index (κ1) is 13.8. The normalized spacial score (nSPS) is 13.2. The average molecular weight is 345 g/mol. The fourth-order valence-electron chi connectivity index (χ4n) is 2.43. The molecule has 0 aliphatic carbocycles. The number of amides is 2. The van der Waals surface area contributed by atoms with Crippen LogP contribution < -0.4 is 10.2 Å². The number of benzene rings is 2. The lowest BCUT2D eigenvalue weighted by atomic mass is 10.1. The number of rotatable bonds is 2. The van der Waals surface area contributed by atoms with E-state index in [1.54, 1.807) is 11.0 Å². The van der Waals surface area contributed by atoms with Gasteiger partial charge in [0.25, 0.3) is 5.91 Å². The van der Waals surface area contributed by atoms with Crippen molar-refractivity contribution in [3.8, 4) is 0 Å². The molecule has 0 aromatic heterocycles. The molecule has 0 saturated heterocycles. The molecule has 21 heavy (non-hydrogen) atoms. The van der Waals surface area contributed by atoms with Gasteiger partial charge in [-0.15, -0.1) is 0 Å². The highest BCUT2D eigenvalue weighted by molar-refractivity contribution is 9.10. The molecule has 2 aromatic carbocycles. The Morgan fingerprint density at radius 2 is 2.00 bits per heavy atom. The lowest BCUT2D eigenvalue weighted by Crippen LogP contribution is -2.23. The van der Waals surface area contributed by atoms with Crippen LogP contribution in [0.1, 0.15) is 22.8 Å². The topological polar surface area (TPSA) is 49.4 Å². The standard InChI is InChI=1S/C16H13BrN2O2/c1-10(20)18-15-7-6-12(8-14(15)17)19-9-11-4-2-3-5-13(11)16(19)21/h2-8H,9H2,1H3,(H,18,20). The smallest absolute Gasteiger partial charge is 0.258 e. The molecule has 0 fully saturated rings. The average Bonchev–Trinajstić information content (AvgIpc) is 2.79. The van der Waals surface area contributed by atoms with Crippen molar-refractivity contribution >= 4 is 39.1 Å². The first-order valence-electron chi connectivity index (χ1n) is 6.53. The quantitative estimate of drug-likeness (QED) is 0.905. The van der Waals surface area contributed by atoms with E-state index in [0.717, 1.165) is 21.3 Å². The highest BCUT2D eigenvalue weighted by Gasteiger charge is 2.28. The molecule has 3 rings (SSSR count). The van der Waals surface area contributed by atoms with Crippen molar-refractivity contribution in [2.45, 2.75) is 13.5 Å². The van der Waals surface area contributed by atoms with Gasteiger partial charge in [0.05, 0.1) is 12.2 Å². The second-order valence-electron chi connectivity index (χ2n) is 4.89. The van der Waals surface area contributed by atoms with Gasteiger partial charge < -0.3 is 10.2 Å². The Morgan fingerprint density at radius 1 is 1.24 bits per heavy atom. The van der Waals surface area contributed by atoms with E-state index in [-0.39, 0.29) is 11.8 Å². The number of hydrogen-bond acceptors (Lipinski definition) is 2. The van der Waals surface area contributed by atoms with Crippen molar-refractivity contribution in [2.75, 3.05) is 10.2 Å². The summed E-state index contributed by atoms with van der Waals surface area (Å²) in [5.74, 6) is -0.127. The minimum Gasteiger partial charge on any atom is -0.325 e. The molecule has 5 heteroatoms. The number of nitrogens with zero attached hydrogens (tertiary/aromatic N) is 1. The third kappa shape index (κ3) is 2.56. The zero-order valence-electron chi connectivity index (χ0n) is 11.4. The second kappa shape index (κ2) is 5.33. The van der Waals surface area contributed by atoms with Gasteiger partial charge in [-0.3, -0.25) is 9.59 Å². The first-order chi connectivity index (χ1) is 10.1. The summed E-state index contributed by atoms with van der Waals surface area (Å²) >= 11 is 3.43. The van der Waals surface area contributed by atoms with Crippen molar-refractivity contribution in [1.82, 2.24) is 0 Å². The molecule has 0 spiro atoms. The Bertz CT molecular complexity index is 743. The van der Waals surface area contributed by atoms with Gasteiger partial charge in [0.1, 0.15) is 0 Å². The Hall–Kier alpha value is -2.14. The summed E-state index contributed by atoms with van der Waals surface area (Å²) in [6.45, 7) is 2.03. The molecule has 0 saturated carbocycles. The molecule has 1 aliphatic rings. The molecule has 0 unspecified atom stereocenters. The van der Waals surface area contributed by atoms with Crippen molar-refractivity contribution in [3.05, 3.63) is 58.1 Å². The Morgan fingerprint density at radius 3 is 2.67 bits per heavy atom. The van der Waals surface area contributed by atoms with E-state index in [2.05, 4.69) is 21.2 Å². The molecule has 1 N–H and O–H groups in total. The predicted octanol–water partition coefficient (Wildman–Crippen LogP) is 3.57. The number of hydrogen-bond donors (Lipinski definition) is 1. The highest BCUT2D eigenvalue weighted by atomic mass is 79.9. The zero-order valence-corrected chi connectivity index (χ0v) is 13.0. The molecule has 4 nitrogen and oxygen atoms in total. The van der Waals surface area contributed by atoms with Gasteiger partial charge in [-0.25, -0.2) is 0 Å². The fourth-order valence-corrected chi connectivity index (χ4v) is 2.89. The summed E-state index contributed by atoms with van der Waals surface area (Å²) in [6, 6.07) is 13.1. The van der Waals surface area contributed by atoms with E-state index in [0.29, 0.717) is 12.2 Å². The number of fused-ring (bicyclic) bond motifs is 1. The highest BCUT2D eigenvalue weighted by Crippen LogP contribution is 2.32. The van der Waals surface area contributed by atoms with E-state index in [4.69, 9.17) is 0 Å². The van der Waals surface area contributed by atoms with Crippen LogP contribution in [0.25, 0.3) is 0 Å². The van der Waals surface area contributed by atoms with Gasteiger partial charge >= 0.3 is 0 Å². The maximum absolute atomic E-state index is 12.4. The van der Waals surface area contributed by atoms with Gasteiger partial charge in [-0.05, 0) is 45.8 Å². The summed E-state index contributed by atoms with van der Waals surface area (Å²) in [6.07, 6.45) is 0. The molecule has 1 heterocycles. The first-order valence-corrected chi connectivity index (χ1v) is 7.32. The van der Waals surface area contributed by atoms with Gasteiger partial charge in [-0.2, -0.15) is 0 Å². The number of anilines is 2. The van der Waals surface area contributed by atoms with E-state index in [1.807, 2.05) is 36.4 Å². The van der Waals surface area contributed by atoms with Crippen molar-refractivity contribution < 1.29 is 9.59 Å². The fraction of sp³-hybridized carbons (Fsp3) is 0.125. The van der Waals surface area contributed by atoms with Crippen LogP contribution in [-0.2, 0) is 11.3 Å². The van der Waals surface area contributed by atoms with Crippen molar-refractivity contribution in [1.29, 1.82) is 0 Å². The summed E-state index contributed by atoms with van der Waals surface area (Å²) in [4.78, 5) is 25.3. The maximum Gasteiger partial charge on any atom is 0.258 e. The van der Waals surface area contributed by atoms with E-state index >= 15 is 0 Å². The molecule has 2 amide bonds. The van der Waals surface area contributed by atoms with Gasteiger partial charge in [0, 0.05) is 22.6 Å².